The third-order valence-electron chi connectivity index (χ3n) is 2.93. The van der Waals surface area contributed by atoms with E-state index in [0.717, 1.165) is 6.54 Å². The van der Waals surface area contributed by atoms with E-state index in [0.29, 0.717) is 19.0 Å². The Hall–Kier alpha value is -0.130. The summed E-state index contributed by atoms with van der Waals surface area (Å²) in [7, 11) is -3.12. The highest BCUT2D eigenvalue weighted by Gasteiger charge is 2.40. The summed E-state index contributed by atoms with van der Waals surface area (Å²) in [4.78, 5) is 0. The fourth-order valence-corrected chi connectivity index (χ4v) is 3.74. The van der Waals surface area contributed by atoms with E-state index >= 15 is 0 Å². The summed E-state index contributed by atoms with van der Waals surface area (Å²) in [5.41, 5.74) is 0. The van der Waals surface area contributed by atoms with Crippen molar-refractivity contribution in [3.8, 4) is 0 Å². The van der Waals surface area contributed by atoms with Crippen LogP contribution in [0.25, 0.3) is 0 Å². The minimum atomic E-state index is -3.12. The van der Waals surface area contributed by atoms with Crippen LogP contribution >= 0.6 is 0 Å². The van der Waals surface area contributed by atoms with Crippen LogP contribution in [0.15, 0.2) is 0 Å². The molecule has 2 fully saturated rings. The second kappa shape index (κ2) is 3.47. The molecule has 1 aliphatic carbocycles. The Balaban J connectivity index is 2.07. The topological polar surface area (TPSA) is 40.6 Å². The van der Waals surface area contributed by atoms with Crippen LogP contribution in [0.4, 0.5) is 0 Å². The molecule has 0 aromatic rings. The average Bonchev–Trinajstić information content (AvgIpc) is 2.79. The van der Waals surface area contributed by atoms with Crippen molar-refractivity contribution in [3.05, 3.63) is 0 Å². The maximum absolute atomic E-state index is 11.9. The lowest BCUT2D eigenvalue weighted by molar-refractivity contribution is 0.387. The molecule has 0 unspecified atom stereocenters. The van der Waals surface area contributed by atoms with Crippen molar-refractivity contribution in [1.29, 1.82) is 0 Å². The molecule has 5 heteroatoms. The van der Waals surface area contributed by atoms with Gasteiger partial charge in [0.1, 0.15) is 0 Å². The van der Waals surface area contributed by atoms with Gasteiger partial charge in [0, 0.05) is 25.7 Å². The van der Waals surface area contributed by atoms with Crippen molar-refractivity contribution in [1.82, 2.24) is 8.61 Å². The van der Waals surface area contributed by atoms with Gasteiger partial charge in [-0.1, -0.05) is 0 Å². The van der Waals surface area contributed by atoms with Crippen LogP contribution in [0, 0.1) is 5.92 Å². The second-order valence-corrected chi connectivity index (χ2v) is 6.39. The summed E-state index contributed by atoms with van der Waals surface area (Å²) in [6.45, 7) is 5.94. The lowest BCUT2D eigenvalue weighted by Gasteiger charge is -2.21. The highest BCUT2D eigenvalue weighted by atomic mass is 32.2. The van der Waals surface area contributed by atoms with Gasteiger partial charge in [0.05, 0.1) is 0 Å². The zero-order valence-corrected chi connectivity index (χ0v) is 9.63. The minimum absolute atomic E-state index is 0.0872. The van der Waals surface area contributed by atoms with Crippen LogP contribution in [0.5, 0.6) is 0 Å². The summed E-state index contributed by atoms with van der Waals surface area (Å²) in [5, 5.41) is 0. The lowest BCUT2D eigenvalue weighted by atomic mass is 10.4. The molecule has 82 valence electrons. The van der Waals surface area contributed by atoms with E-state index in [-0.39, 0.29) is 6.04 Å². The van der Waals surface area contributed by atoms with Crippen molar-refractivity contribution in [2.24, 2.45) is 5.92 Å². The molecule has 1 saturated carbocycles. The van der Waals surface area contributed by atoms with Crippen molar-refractivity contribution in [3.63, 3.8) is 0 Å². The first-order chi connectivity index (χ1) is 6.51. The smallest absolute Gasteiger partial charge is 0.195 e. The maximum atomic E-state index is 11.9. The predicted molar refractivity (Wildman–Crippen MR) is 55.1 cm³/mol. The molecule has 0 atom stereocenters. The second-order valence-electron chi connectivity index (χ2n) is 4.51. The van der Waals surface area contributed by atoms with Crippen molar-refractivity contribution >= 4 is 10.2 Å². The van der Waals surface area contributed by atoms with Crippen LogP contribution in [0.2, 0.25) is 0 Å². The van der Waals surface area contributed by atoms with Gasteiger partial charge >= 0.3 is 0 Å². The first-order valence-corrected chi connectivity index (χ1v) is 6.68. The van der Waals surface area contributed by atoms with Crippen molar-refractivity contribution in [2.75, 3.05) is 19.6 Å². The van der Waals surface area contributed by atoms with Gasteiger partial charge < -0.3 is 0 Å². The molecule has 2 aliphatic rings. The first kappa shape index (κ1) is 10.4. The van der Waals surface area contributed by atoms with Gasteiger partial charge in [-0.05, 0) is 32.6 Å². The Morgan fingerprint density at radius 1 is 1.29 bits per heavy atom. The fraction of sp³-hybridized carbons (Fsp3) is 1.00. The Morgan fingerprint density at radius 2 is 1.93 bits per heavy atom. The van der Waals surface area contributed by atoms with E-state index < -0.39 is 10.2 Å². The molecule has 2 rings (SSSR count). The van der Waals surface area contributed by atoms with Gasteiger partial charge in [-0.15, -0.1) is 0 Å². The molecule has 1 saturated heterocycles. The molecule has 1 heterocycles. The SMILES string of the molecule is CC(C)N1CCN(CC2CC2)S1(=O)=O. The number of hydrogen-bond acceptors (Lipinski definition) is 2. The number of nitrogens with zero attached hydrogens (tertiary/aromatic N) is 2. The third kappa shape index (κ3) is 1.81. The minimum Gasteiger partial charge on any atom is -0.195 e. The average molecular weight is 218 g/mol. The largest absolute Gasteiger partial charge is 0.282 e. The maximum Gasteiger partial charge on any atom is 0.282 e. The van der Waals surface area contributed by atoms with E-state index in [4.69, 9.17) is 0 Å². The Morgan fingerprint density at radius 3 is 2.36 bits per heavy atom. The quantitative estimate of drug-likeness (QED) is 0.698. The Bertz CT molecular complexity index is 309. The summed E-state index contributed by atoms with van der Waals surface area (Å²) in [5.74, 6) is 0.636. The Labute approximate surface area is 86.1 Å². The lowest BCUT2D eigenvalue weighted by Crippen LogP contribution is -2.37. The highest BCUT2D eigenvalue weighted by molar-refractivity contribution is 7.87. The van der Waals surface area contributed by atoms with Gasteiger partial charge in [-0.25, -0.2) is 0 Å². The standard InChI is InChI=1S/C9H18N2O2S/c1-8(2)11-6-5-10(14(11,12)13)7-9-3-4-9/h8-9H,3-7H2,1-2H3. The molecular formula is C9H18N2O2S. The molecule has 0 bridgehead atoms. The normalized spacial score (nSPS) is 28.8. The molecule has 1 aliphatic heterocycles. The van der Waals surface area contributed by atoms with E-state index in [1.165, 1.54) is 12.8 Å². The molecule has 0 aromatic carbocycles. The zero-order valence-electron chi connectivity index (χ0n) is 8.81. The zero-order chi connectivity index (χ0) is 10.3. The van der Waals surface area contributed by atoms with Crippen LogP contribution in [-0.2, 0) is 10.2 Å². The van der Waals surface area contributed by atoms with Crippen molar-refractivity contribution < 1.29 is 8.42 Å². The molecule has 14 heavy (non-hydrogen) atoms. The number of hydrogen-bond donors (Lipinski definition) is 0. The van der Waals surface area contributed by atoms with Crippen molar-refractivity contribution in [2.45, 2.75) is 32.7 Å². The molecule has 0 amide bonds. The van der Waals surface area contributed by atoms with Gasteiger partial charge in [0.2, 0.25) is 0 Å². The molecule has 0 radical (unpaired) electrons. The molecule has 0 spiro atoms. The van der Waals surface area contributed by atoms with Crippen LogP contribution in [0.3, 0.4) is 0 Å². The fourth-order valence-electron chi connectivity index (χ4n) is 1.89. The third-order valence-corrected chi connectivity index (χ3v) is 5.11. The summed E-state index contributed by atoms with van der Waals surface area (Å²) < 4.78 is 27.1. The molecule has 4 nitrogen and oxygen atoms in total. The summed E-state index contributed by atoms with van der Waals surface area (Å²) in [6.07, 6.45) is 2.40. The first-order valence-electron chi connectivity index (χ1n) is 5.28. The van der Waals surface area contributed by atoms with Crippen LogP contribution < -0.4 is 0 Å². The summed E-state index contributed by atoms with van der Waals surface area (Å²) >= 11 is 0. The van der Waals surface area contributed by atoms with E-state index in [1.807, 2.05) is 13.8 Å². The van der Waals surface area contributed by atoms with Gasteiger partial charge in [0.15, 0.2) is 0 Å². The van der Waals surface area contributed by atoms with E-state index in [1.54, 1.807) is 8.61 Å². The van der Waals surface area contributed by atoms with Gasteiger partial charge in [-0.3, -0.25) is 0 Å². The molecule has 0 aromatic heterocycles. The predicted octanol–water partition coefficient (Wildman–Crippen LogP) is 0.667. The summed E-state index contributed by atoms with van der Waals surface area (Å²) in [6, 6.07) is 0.0872. The van der Waals surface area contributed by atoms with Crippen LogP contribution in [-0.4, -0.2) is 42.7 Å². The van der Waals surface area contributed by atoms with E-state index in [2.05, 4.69) is 0 Å². The highest BCUT2D eigenvalue weighted by Crippen LogP contribution is 2.32. The van der Waals surface area contributed by atoms with Gasteiger partial charge in [-0.2, -0.15) is 17.0 Å². The van der Waals surface area contributed by atoms with Crippen LogP contribution in [0.1, 0.15) is 26.7 Å². The molecular weight excluding hydrogens is 200 g/mol. The van der Waals surface area contributed by atoms with Gasteiger partial charge in [0.25, 0.3) is 10.2 Å². The van der Waals surface area contributed by atoms with E-state index in [9.17, 15) is 8.42 Å². The molecule has 0 N–H and O–H groups in total. The Kier molecular flexibility index (Phi) is 2.57. The number of rotatable bonds is 3. The monoisotopic (exact) mass is 218 g/mol.